The summed E-state index contributed by atoms with van der Waals surface area (Å²) in [5.41, 5.74) is 5.28. The highest BCUT2D eigenvalue weighted by Gasteiger charge is 2.35. The second-order valence-electron chi connectivity index (χ2n) is 9.88. The Kier molecular flexibility index (Phi) is 6.20. The second kappa shape index (κ2) is 9.81. The average Bonchev–Trinajstić information content (AvgIpc) is 3.62. The van der Waals surface area contributed by atoms with Gasteiger partial charge in [-0.25, -0.2) is 4.98 Å². The van der Waals surface area contributed by atoms with Gasteiger partial charge in [0.15, 0.2) is 11.5 Å². The number of amides is 1. The van der Waals surface area contributed by atoms with E-state index in [1.165, 1.54) is 5.56 Å². The van der Waals surface area contributed by atoms with E-state index in [0.29, 0.717) is 25.3 Å². The molecule has 1 amide bonds. The van der Waals surface area contributed by atoms with Gasteiger partial charge in [0.2, 0.25) is 12.7 Å². The van der Waals surface area contributed by atoms with Crippen LogP contribution in [0.25, 0.3) is 11.0 Å². The summed E-state index contributed by atoms with van der Waals surface area (Å²) in [6.07, 6.45) is 2.34. The molecule has 2 aliphatic rings. The number of imidazole rings is 1. The van der Waals surface area contributed by atoms with E-state index >= 15 is 0 Å². The highest BCUT2D eigenvalue weighted by atomic mass is 16.7. The van der Waals surface area contributed by atoms with E-state index in [-0.39, 0.29) is 18.6 Å². The van der Waals surface area contributed by atoms with Crippen molar-refractivity contribution in [3.63, 3.8) is 0 Å². The number of ether oxygens (including phenoxy) is 3. The van der Waals surface area contributed by atoms with Gasteiger partial charge in [0.25, 0.3) is 0 Å². The van der Waals surface area contributed by atoms with Gasteiger partial charge in [-0.05, 0) is 68.1 Å². The molecule has 0 radical (unpaired) electrons. The smallest absolute Gasteiger partial charge is 0.231 e. The molecule has 1 saturated heterocycles. The van der Waals surface area contributed by atoms with Gasteiger partial charge >= 0.3 is 0 Å². The Bertz CT molecular complexity index is 1460. The predicted molar refractivity (Wildman–Crippen MR) is 143 cm³/mol. The molecular weight excluding hydrogens is 466 g/mol. The third kappa shape index (κ3) is 4.61. The first-order valence-corrected chi connectivity index (χ1v) is 12.9. The van der Waals surface area contributed by atoms with Crippen LogP contribution in [0.15, 0.2) is 60.7 Å². The summed E-state index contributed by atoms with van der Waals surface area (Å²) in [6, 6.07) is 20.2. The molecule has 1 atom stereocenters. The fraction of sp³-hybridized carbons (Fsp3) is 0.333. The van der Waals surface area contributed by atoms with Crippen molar-refractivity contribution in [2.75, 3.05) is 24.8 Å². The van der Waals surface area contributed by atoms with Gasteiger partial charge in [0.05, 0.1) is 17.6 Å². The standard InChI is InChI=1S/C30H31N3O4/c1-20-9-10-21(2)27(15-20)35-14-6-5-13-32-25-8-4-3-7-24(25)31-30(32)22-16-29(34)33(18-22)23-11-12-26-28(17-23)37-19-36-26/h3-4,7-12,15,17,22H,5-6,13-14,16,18-19H2,1-2H3. The summed E-state index contributed by atoms with van der Waals surface area (Å²) in [6.45, 7) is 6.48. The molecule has 37 heavy (non-hydrogen) atoms. The molecule has 0 N–H and O–H groups in total. The van der Waals surface area contributed by atoms with E-state index in [1.54, 1.807) is 0 Å². The molecule has 4 aromatic rings. The molecule has 3 heterocycles. The van der Waals surface area contributed by atoms with E-state index in [1.807, 2.05) is 41.3 Å². The van der Waals surface area contributed by atoms with Gasteiger partial charge in [-0.3, -0.25) is 4.79 Å². The number of para-hydroxylation sites is 2. The highest BCUT2D eigenvalue weighted by molar-refractivity contribution is 5.97. The molecule has 0 saturated carbocycles. The number of benzene rings is 3. The van der Waals surface area contributed by atoms with Crippen LogP contribution in [0.2, 0.25) is 0 Å². The number of unbranched alkanes of at least 4 members (excludes halogenated alkanes) is 1. The lowest BCUT2D eigenvalue weighted by Gasteiger charge is -2.18. The van der Waals surface area contributed by atoms with Crippen molar-refractivity contribution in [3.8, 4) is 17.2 Å². The van der Waals surface area contributed by atoms with Crippen molar-refractivity contribution in [1.29, 1.82) is 0 Å². The minimum Gasteiger partial charge on any atom is -0.493 e. The predicted octanol–water partition coefficient (Wildman–Crippen LogP) is 5.76. The third-order valence-corrected chi connectivity index (χ3v) is 7.22. The topological polar surface area (TPSA) is 65.8 Å². The number of aromatic nitrogens is 2. The summed E-state index contributed by atoms with van der Waals surface area (Å²) >= 11 is 0. The van der Waals surface area contributed by atoms with Crippen molar-refractivity contribution in [1.82, 2.24) is 9.55 Å². The zero-order chi connectivity index (χ0) is 25.4. The molecule has 3 aromatic carbocycles. The summed E-state index contributed by atoms with van der Waals surface area (Å²) in [7, 11) is 0. The van der Waals surface area contributed by atoms with Crippen LogP contribution < -0.4 is 19.1 Å². The largest absolute Gasteiger partial charge is 0.493 e. The lowest BCUT2D eigenvalue weighted by Crippen LogP contribution is -2.24. The van der Waals surface area contributed by atoms with Crippen LogP contribution in [0.5, 0.6) is 17.2 Å². The number of fused-ring (bicyclic) bond motifs is 2. The number of nitrogens with zero attached hydrogens (tertiary/aromatic N) is 3. The van der Waals surface area contributed by atoms with Gasteiger partial charge in [0, 0.05) is 37.2 Å². The zero-order valence-corrected chi connectivity index (χ0v) is 21.3. The molecule has 0 spiro atoms. The molecule has 190 valence electrons. The molecule has 7 heteroatoms. The van der Waals surface area contributed by atoms with Crippen LogP contribution in [0.4, 0.5) is 5.69 Å². The van der Waals surface area contributed by atoms with Crippen molar-refractivity contribution in [3.05, 3.63) is 77.6 Å². The molecule has 2 aliphatic heterocycles. The number of hydrogen-bond acceptors (Lipinski definition) is 5. The van der Waals surface area contributed by atoms with E-state index in [0.717, 1.165) is 59.0 Å². The molecule has 6 rings (SSSR count). The molecular formula is C30H31N3O4. The fourth-order valence-corrected chi connectivity index (χ4v) is 5.24. The first-order chi connectivity index (χ1) is 18.1. The van der Waals surface area contributed by atoms with E-state index in [4.69, 9.17) is 19.2 Å². The summed E-state index contributed by atoms with van der Waals surface area (Å²) in [5, 5.41) is 0. The Morgan fingerprint density at radius 3 is 2.78 bits per heavy atom. The molecule has 0 bridgehead atoms. The summed E-state index contributed by atoms with van der Waals surface area (Å²) < 4.78 is 19.3. The SMILES string of the molecule is Cc1ccc(C)c(OCCCCn2c(C3CC(=O)N(c4ccc5c(c4)OCO5)C3)nc3ccccc32)c1. The Balaban J connectivity index is 1.16. The van der Waals surface area contributed by atoms with Gasteiger partial charge < -0.3 is 23.7 Å². The second-order valence-corrected chi connectivity index (χ2v) is 9.88. The minimum absolute atomic E-state index is 0.0246. The van der Waals surface area contributed by atoms with Crippen LogP contribution in [0.1, 0.15) is 42.1 Å². The minimum atomic E-state index is 0.0246. The van der Waals surface area contributed by atoms with Crippen LogP contribution >= 0.6 is 0 Å². The average molecular weight is 498 g/mol. The molecule has 7 nitrogen and oxygen atoms in total. The van der Waals surface area contributed by atoms with E-state index in [9.17, 15) is 4.79 Å². The lowest BCUT2D eigenvalue weighted by atomic mass is 10.1. The van der Waals surface area contributed by atoms with Gasteiger partial charge in [-0.15, -0.1) is 0 Å². The Morgan fingerprint density at radius 2 is 1.86 bits per heavy atom. The van der Waals surface area contributed by atoms with E-state index < -0.39 is 0 Å². The number of hydrogen-bond donors (Lipinski definition) is 0. The van der Waals surface area contributed by atoms with Crippen LogP contribution in [-0.2, 0) is 11.3 Å². The maximum Gasteiger partial charge on any atom is 0.231 e. The number of anilines is 1. The Labute approximate surface area is 216 Å². The molecule has 0 aliphatic carbocycles. The lowest BCUT2D eigenvalue weighted by molar-refractivity contribution is -0.117. The van der Waals surface area contributed by atoms with Gasteiger partial charge in [-0.1, -0.05) is 24.3 Å². The van der Waals surface area contributed by atoms with Gasteiger partial charge in [0.1, 0.15) is 11.6 Å². The summed E-state index contributed by atoms with van der Waals surface area (Å²) in [4.78, 5) is 19.9. The molecule has 1 fully saturated rings. The van der Waals surface area contributed by atoms with Crippen LogP contribution in [-0.4, -0.2) is 35.4 Å². The maximum atomic E-state index is 13.1. The van der Waals surface area contributed by atoms with E-state index in [2.05, 4.69) is 42.7 Å². The number of carbonyl (C=O) groups is 1. The van der Waals surface area contributed by atoms with Crippen LogP contribution in [0, 0.1) is 13.8 Å². The van der Waals surface area contributed by atoms with Crippen molar-refractivity contribution < 1.29 is 19.0 Å². The number of carbonyl (C=O) groups excluding carboxylic acids is 1. The van der Waals surface area contributed by atoms with Gasteiger partial charge in [-0.2, -0.15) is 0 Å². The number of aryl methyl sites for hydroxylation is 3. The van der Waals surface area contributed by atoms with Crippen molar-refractivity contribution in [2.24, 2.45) is 0 Å². The monoisotopic (exact) mass is 497 g/mol. The third-order valence-electron chi connectivity index (χ3n) is 7.22. The maximum absolute atomic E-state index is 13.1. The highest BCUT2D eigenvalue weighted by Crippen LogP contribution is 2.39. The normalized spacial score (nSPS) is 16.6. The quantitative estimate of drug-likeness (QED) is 0.290. The zero-order valence-electron chi connectivity index (χ0n) is 21.3. The first kappa shape index (κ1) is 23.4. The summed E-state index contributed by atoms with van der Waals surface area (Å²) in [5.74, 6) is 3.47. The first-order valence-electron chi connectivity index (χ1n) is 12.9. The van der Waals surface area contributed by atoms with Crippen LogP contribution in [0.3, 0.4) is 0 Å². The van der Waals surface area contributed by atoms with Crippen molar-refractivity contribution >= 4 is 22.6 Å². The molecule has 1 aromatic heterocycles. The fourth-order valence-electron chi connectivity index (χ4n) is 5.24. The van der Waals surface area contributed by atoms with Crippen molar-refractivity contribution in [2.45, 2.75) is 45.6 Å². The number of rotatable bonds is 8. The molecule has 1 unspecified atom stereocenters. The Morgan fingerprint density at radius 1 is 1.00 bits per heavy atom. The Hall–Kier alpha value is -4.00.